The molecular formula is C12H15ClF2N2. The average molecular weight is 261 g/mol. The summed E-state index contributed by atoms with van der Waals surface area (Å²) in [6.07, 6.45) is 0. The lowest BCUT2D eigenvalue weighted by Gasteiger charge is -2.34. The van der Waals surface area contributed by atoms with Crippen LogP contribution in [0.5, 0.6) is 0 Å². The molecule has 0 aromatic heterocycles. The van der Waals surface area contributed by atoms with Crippen molar-refractivity contribution in [1.29, 1.82) is 0 Å². The first-order valence-electron chi connectivity index (χ1n) is 5.68. The lowest BCUT2D eigenvalue weighted by atomic mass is 10.1. The highest BCUT2D eigenvalue weighted by Crippen LogP contribution is 2.30. The summed E-state index contributed by atoms with van der Waals surface area (Å²) >= 11 is 5.90. The van der Waals surface area contributed by atoms with E-state index in [2.05, 4.69) is 5.32 Å². The van der Waals surface area contributed by atoms with Gasteiger partial charge in [-0.25, -0.2) is 8.78 Å². The number of piperazine rings is 1. The summed E-state index contributed by atoms with van der Waals surface area (Å²) < 4.78 is 26.6. The van der Waals surface area contributed by atoms with Crippen molar-refractivity contribution in [3.8, 4) is 0 Å². The molecule has 1 aromatic carbocycles. The topological polar surface area (TPSA) is 15.3 Å². The molecule has 94 valence electrons. The summed E-state index contributed by atoms with van der Waals surface area (Å²) in [4.78, 5) is 2.00. The monoisotopic (exact) mass is 260 g/mol. The van der Waals surface area contributed by atoms with Crippen LogP contribution in [0.2, 0.25) is 5.02 Å². The predicted molar refractivity (Wildman–Crippen MR) is 64.6 cm³/mol. The SMILES string of the molecule is FC[C@@H](c1cccc(F)c1Cl)N1CCNCC1. The quantitative estimate of drug-likeness (QED) is 0.898. The highest BCUT2D eigenvalue weighted by molar-refractivity contribution is 6.31. The summed E-state index contributed by atoms with van der Waals surface area (Å²) in [5.74, 6) is -0.488. The molecule has 0 amide bonds. The van der Waals surface area contributed by atoms with E-state index in [0.29, 0.717) is 5.56 Å². The zero-order valence-corrected chi connectivity index (χ0v) is 10.2. The Bertz CT molecular complexity index is 381. The van der Waals surface area contributed by atoms with Gasteiger partial charge in [0.15, 0.2) is 0 Å². The largest absolute Gasteiger partial charge is 0.314 e. The maximum atomic E-state index is 13.4. The number of nitrogens with one attached hydrogen (secondary N) is 1. The number of alkyl halides is 1. The second-order valence-electron chi connectivity index (χ2n) is 4.10. The van der Waals surface area contributed by atoms with Gasteiger partial charge in [0.05, 0.1) is 11.1 Å². The third kappa shape index (κ3) is 2.76. The molecule has 1 fully saturated rings. The zero-order chi connectivity index (χ0) is 12.3. The van der Waals surface area contributed by atoms with Crippen molar-refractivity contribution in [2.45, 2.75) is 6.04 Å². The van der Waals surface area contributed by atoms with E-state index in [9.17, 15) is 8.78 Å². The molecule has 1 atom stereocenters. The van der Waals surface area contributed by atoms with Gasteiger partial charge in [-0.2, -0.15) is 0 Å². The number of rotatable bonds is 3. The molecule has 1 heterocycles. The lowest BCUT2D eigenvalue weighted by molar-refractivity contribution is 0.147. The second-order valence-corrected chi connectivity index (χ2v) is 4.48. The molecule has 1 aliphatic rings. The minimum atomic E-state index is -0.552. The first kappa shape index (κ1) is 12.7. The van der Waals surface area contributed by atoms with E-state index < -0.39 is 18.5 Å². The van der Waals surface area contributed by atoms with E-state index in [4.69, 9.17) is 11.6 Å². The number of hydrogen-bond donors (Lipinski definition) is 1. The Morgan fingerprint density at radius 2 is 2.06 bits per heavy atom. The summed E-state index contributed by atoms with van der Waals surface area (Å²) in [5, 5.41) is 3.24. The van der Waals surface area contributed by atoms with E-state index in [-0.39, 0.29) is 5.02 Å². The van der Waals surface area contributed by atoms with Crippen molar-refractivity contribution in [3.63, 3.8) is 0 Å². The third-order valence-electron chi connectivity index (χ3n) is 3.08. The summed E-state index contributed by atoms with van der Waals surface area (Å²) in [7, 11) is 0. The van der Waals surface area contributed by atoms with Gasteiger partial charge in [-0.1, -0.05) is 23.7 Å². The molecule has 0 bridgehead atoms. The van der Waals surface area contributed by atoms with Crippen LogP contribution in [0.25, 0.3) is 0 Å². The summed E-state index contributed by atoms with van der Waals surface area (Å²) in [5.41, 5.74) is 0.538. The van der Waals surface area contributed by atoms with Crippen LogP contribution in [0, 0.1) is 5.82 Å². The molecule has 1 aliphatic heterocycles. The summed E-state index contributed by atoms with van der Waals surface area (Å²) in [6.45, 7) is 2.60. The standard InChI is InChI=1S/C12H15ClF2N2/c13-12-9(2-1-3-10(12)15)11(8-14)17-6-4-16-5-7-17/h1-3,11,16H,4-8H2/t11-/m0/s1. The fourth-order valence-corrected chi connectivity index (χ4v) is 2.40. The van der Waals surface area contributed by atoms with Gasteiger partial charge in [-0.15, -0.1) is 0 Å². The lowest BCUT2D eigenvalue weighted by Crippen LogP contribution is -2.45. The predicted octanol–water partition coefficient (Wildman–Crippen LogP) is 2.39. The molecule has 0 unspecified atom stereocenters. The van der Waals surface area contributed by atoms with Gasteiger partial charge in [0.25, 0.3) is 0 Å². The van der Waals surface area contributed by atoms with Crippen molar-refractivity contribution in [2.75, 3.05) is 32.9 Å². The van der Waals surface area contributed by atoms with Crippen LogP contribution in [-0.4, -0.2) is 37.8 Å². The van der Waals surface area contributed by atoms with E-state index >= 15 is 0 Å². The molecule has 0 saturated carbocycles. The van der Waals surface area contributed by atoms with Crippen LogP contribution in [0.1, 0.15) is 11.6 Å². The Balaban J connectivity index is 2.24. The van der Waals surface area contributed by atoms with E-state index in [1.54, 1.807) is 12.1 Å². The van der Waals surface area contributed by atoms with Crippen molar-refractivity contribution in [1.82, 2.24) is 10.2 Å². The minimum absolute atomic E-state index is 0.0358. The number of halogens is 3. The van der Waals surface area contributed by atoms with Crippen LogP contribution >= 0.6 is 11.6 Å². The third-order valence-corrected chi connectivity index (χ3v) is 3.48. The number of nitrogens with zero attached hydrogens (tertiary/aromatic N) is 1. The smallest absolute Gasteiger partial charge is 0.142 e. The maximum Gasteiger partial charge on any atom is 0.142 e. The Morgan fingerprint density at radius 3 is 2.71 bits per heavy atom. The van der Waals surface area contributed by atoms with Crippen LogP contribution in [0.15, 0.2) is 18.2 Å². The zero-order valence-electron chi connectivity index (χ0n) is 9.43. The molecule has 17 heavy (non-hydrogen) atoms. The number of hydrogen-bond acceptors (Lipinski definition) is 2. The van der Waals surface area contributed by atoms with E-state index in [0.717, 1.165) is 26.2 Å². The highest BCUT2D eigenvalue weighted by atomic mass is 35.5. The van der Waals surface area contributed by atoms with Crippen molar-refractivity contribution in [2.24, 2.45) is 0 Å². The molecule has 1 N–H and O–H groups in total. The maximum absolute atomic E-state index is 13.4. The Labute approximate surface area is 105 Å². The van der Waals surface area contributed by atoms with Crippen LogP contribution < -0.4 is 5.32 Å². The van der Waals surface area contributed by atoms with Crippen LogP contribution in [0.3, 0.4) is 0 Å². The molecule has 0 spiro atoms. The van der Waals surface area contributed by atoms with Crippen molar-refractivity contribution in [3.05, 3.63) is 34.6 Å². The van der Waals surface area contributed by atoms with Crippen molar-refractivity contribution < 1.29 is 8.78 Å². The van der Waals surface area contributed by atoms with Crippen LogP contribution in [-0.2, 0) is 0 Å². The molecule has 2 nitrogen and oxygen atoms in total. The molecule has 2 rings (SSSR count). The first-order chi connectivity index (χ1) is 8.24. The molecule has 0 aliphatic carbocycles. The Hall–Kier alpha value is -0.710. The van der Waals surface area contributed by atoms with Gasteiger partial charge in [-0.05, 0) is 11.6 Å². The van der Waals surface area contributed by atoms with Gasteiger partial charge in [0.2, 0.25) is 0 Å². The first-order valence-corrected chi connectivity index (χ1v) is 6.06. The minimum Gasteiger partial charge on any atom is -0.314 e. The molecule has 1 saturated heterocycles. The van der Waals surface area contributed by atoms with Gasteiger partial charge >= 0.3 is 0 Å². The van der Waals surface area contributed by atoms with Gasteiger partial charge in [0, 0.05) is 26.2 Å². The average Bonchev–Trinajstić information content (AvgIpc) is 2.37. The van der Waals surface area contributed by atoms with E-state index in [1.807, 2.05) is 4.90 Å². The molecule has 0 radical (unpaired) electrons. The Morgan fingerprint density at radius 1 is 1.35 bits per heavy atom. The number of benzene rings is 1. The molecular weight excluding hydrogens is 246 g/mol. The van der Waals surface area contributed by atoms with Gasteiger partial charge in [-0.3, -0.25) is 4.90 Å². The van der Waals surface area contributed by atoms with Crippen LogP contribution in [0.4, 0.5) is 8.78 Å². The van der Waals surface area contributed by atoms with E-state index in [1.165, 1.54) is 6.07 Å². The van der Waals surface area contributed by atoms with Crippen molar-refractivity contribution >= 4 is 11.6 Å². The fraction of sp³-hybridized carbons (Fsp3) is 0.500. The van der Waals surface area contributed by atoms with Gasteiger partial charge in [0.1, 0.15) is 12.5 Å². The normalized spacial score (nSPS) is 19.2. The summed E-state index contributed by atoms with van der Waals surface area (Å²) in [6, 6.07) is 4.11. The second kappa shape index (κ2) is 5.76. The Kier molecular flexibility index (Phi) is 4.31. The molecule has 5 heteroatoms. The molecule has 1 aromatic rings. The fourth-order valence-electron chi connectivity index (χ4n) is 2.15. The van der Waals surface area contributed by atoms with Gasteiger partial charge < -0.3 is 5.32 Å². The highest BCUT2D eigenvalue weighted by Gasteiger charge is 2.24.